The first-order valence-corrected chi connectivity index (χ1v) is 6.46. The minimum Gasteiger partial charge on any atom is -0.479 e. The van der Waals surface area contributed by atoms with E-state index in [9.17, 15) is 4.39 Å². The van der Waals surface area contributed by atoms with E-state index in [1.165, 1.54) is 18.0 Å². The maximum Gasteiger partial charge on any atom is 0.245 e. The number of ether oxygens (including phenoxy) is 1. The summed E-state index contributed by atoms with van der Waals surface area (Å²) >= 11 is 12.1. The summed E-state index contributed by atoms with van der Waals surface area (Å²) in [6.07, 6.45) is 1.30. The number of hydrogen-bond donors (Lipinski definition) is 1. The summed E-state index contributed by atoms with van der Waals surface area (Å²) in [6.45, 7) is 0. The van der Waals surface area contributed by atoms with Crippen molar-refractivity contribution in [3.05, 3.63) is 34.3 Å². The molecule has 2 aromatic heterocycles. The topological polar surface area (TPSA) is 78.8 Å². The fourth-order valence-electron chi connectivity index (χ4n) is 2.01. The van der Waals surface area contributed by atoms with Crippen LogP contribution >= 0.6 is 23.2 Å². The highest BCUT2D eigenvalue weighted by Crippen LogP contribution is 2.34. The summed E-state index contributed by atoms with van der Waals surface area (Å²) in [5.41, 5.74) is 6.91. The fourth-order valence-corrected chi connectivity index (χ4v) is 2.64. The second-order valence-electron chi connectivity index (χ2n) is 4.08. The Labute approximate surface area is 128 Å². The van der Waals surface area contributed by atoms with Gasteiger partial charge in [-0.1, -0.05) is 23.2 Å². The zero-order valence-corrected chi connectivity index (χ0v) is 12.2. The van der Waals surface area contributed by atoms with E-state index in [0.717, 1.165) is 12.1 Å². The average molecular weight is 328 g/mol. The molecule has 0 atom stereocenters. The van der Waals surface area contributed by atoms with Gasteiger partial charge in [-0.3, -0.25) is 4.57 Å². The number of hydrogen-bond acceptors (Lipinski definition) is 5. The van der Waals surface area contributed by atoms with Crippen molar-refractivity contribution in [1.82, 2.24) is 19.5 Å². The standard InChI is InChI=1S/C12H8Cl2FN5O/c1-21-11-8-10(17-4-18-11)20(12(16)19-8)9-6(13)2-5(15)3-7(9)14/h2-4H,1H3,(H2,16,19). The van der Waals surface area contributed by atoms with Crippen LogP contribution < -0.4 is 10.5 Å². The third kappa shape index (κ3) is 2.14. The van der Waals surface area contributed by atoms with Gasteiger partial charge in [0.05, 0.1) is 22.8 Å². The molecule has 0 spiro atoms. The van der Waals surface area contributed by atoms with Crippen molar-refractivity contribution in [2.45, 2.75) is 0 Å². The number of anilines is 1. The fraction of sp³-hybridized carbons (Fsp3) is 0.0833. The van der Waals surface area contributed by atoms with E-state index in [4.69, 9.17) is 33.7 Å². The van der Waals surface area contributed by atoms with Crippen molar-refractivity contribution < 1.29 is 9.13 Å². The Bertz CT molecular complexity index is 828. The number of rotatable bonds is 2. The molecule has 0 amide bonds. The van der Waals surface area contributed by atoms with Crippen molar-refractivity contribution in [2.75, 3.05) is 12.8 Å². The minimum atomic E-state index is -0.552. The van der Waals surface area contributed by atoms with Crippen LogP contribution in [0.5, 0.6) is 5.88 Å². The van der Waals surface area contributed by atoms with Crippen LogP contribution in [0.3, 0.4) is 0 Å². The molecule has 3 rings (SSSR count). The zero-order valence-electron chi connectivity index (χ0n) is 10.6. The molecule has 0 aliphatic rings. The van der Waals surface area contributed by atoms with Crippen LogP contribution in [0.4, 0.5) is 10.3 Å². The molecule has 0 saturated carbocycles. The quantitative estimate of drug-likeness (QED) is 0.782. The van der Waals surface area contributed by atoms with Crippen molar-refractivity contribution >= 4 is 40.3 Å². The van der Waals surface area contributed by atoms with Gasteiger partial charge in [0.25, 0.3) is 0 Å². The van der Waals surface area contributed by atoms with Gasteiger partial charge in [-0.05, 0) is 12.1 Å². The van der Waals surface area contributed by atoms with Gasteiger partial charge in [0.1, 0.15) is 12.1 Å². The molecule has 6 nitrogen and oxygen atoms in total. The second-order valence-corrected chi connectivity index (χ2v) is 4.89. The lowest BCUT2D eigenvalue weighted by Crippen LogP contribution is -2.03. The molecule has 0 unspecified atom stereocenters. The molecule has 0 aliphatic carbocycles. The lowest BCUT2D eigenvalue weighted by Gasteiger charge is -2.10. The van der Waals surface area contributed by atoms with E-state index in [-0.39, 0.29) is 21.9 Å². The molecule has 1 aromatic carbocycles. The van der Waals surface area contributed by atoms with Gasteiger partial charge in [0.15, 0.2) is 11.2 Å². The first-order chi connectivity index (χ1) is 10.0. The molecule has 9 heteroatoms. The highest BCUT2D eigenvalue weighted by Gasteiger charge is 2.20. The number of nitrogen functional groups attached to an aromatic ring is 1. The van der Waals surface area contributed by atoms with Gasteiger partial charge < -0.3 is 10.5 Å². The van der Waals surface area contributed by atoms with Crippen molar-refractivity contribution in [3.63, 3.8) is 0 Å². The predicted molar refractivity (Wildman–Crippen MR) is 77.6 cm³/mol. The van der Waals surface area contributed by atoms with E-state index in [2.05, 4.69) is 15.0 Å². The Morgan fingerprint density at radius 3 is 2.52 bits per heavy atom. The van der Waals surface area contributed by atoms with E-state index >= 15 is 0 Å². The monoisotopic (exact) mass is 327 g/mol. The van der Waals surface area contributed by atoms with Gasteiger partial charge in [-0.15, -0.1) is 0 Å². The maximum atomic E-state index is 13.3. The lowest BCUT2D eigenvalue weighted by molar-refractivity contribution is 0.401. The number of halogens is 3. The Morgan fingerprint density at radius 1 is 1.24 bits per heavy atom. The van der Waals surface area contributed by atoms with Gasteiger partial charge in [-0.2, -0.15) is 4.98 Å². The SMILES string of the molecule is COc1ncnc2c1nc(N)n2-c1c(Cl)cc(F)cc1Cl. The van der Waals surface area contributed by atoms with E-state index in [1.807, 2.05) is 0 Å². The van der Waals surface area contributed by atoms with Crippen LogP contribution in [-0.4, -0.2) is 26.6 Å². The molecule has 3 aromatic rings. The summed E-state index contributed by atoms with van der Waals surface area (Å²) in [5.74, 6) is -0.206. The minimum absolute atomic E-state index is 0.0826. The van der Waals surface area contributed by atoms with Gasteiger partial charge in [0, 0.05) is 0 Å². The summed E-state index contributed by atoms with van der Waals surface area (Å²) in [4.78, 5) is 12.2. The zero-order chi connectivity index (χ0) is 15.1. The van der Waals surface area contributed by atoms with Crippen LogP contribution in [-0.2, 0) is 0 Å². The van der Waals surface area contributed by atoms with Gasteiger partial charge >= 0.3 is 0 Å². The number of methoxy groups -OCH3 is 1. The summed E-state index contributed by atoms with van der Waals surface area (Å²) < 4.78 is 19.8. The van der Waals surface area contributed by atoms with Crippen molar-refractivity contribution in [2.24, 2.45) is 0 Å². The number of imidazole rings is 1. The van der Waals surface area contributed by atoms with E-state index in [0.29, 0.717) is 16.9 Å². The highest BCUT2D eigenvalue weighted by molar-refractivity contribution is 6.38. The number of fused-ring (bicyclic) bond motifs is 1. The first-order valence-electron chi connectivity index (χ1n) is 5.70. The Kier molecular flexibility index (Phi) is 3.30. The number of benzene rings is 1. The van der Waals surface area contributed by atoms with Crippen LogP contribution in [0, 0.1) is 5.82 Å². The maximum absolute atomic E-state index is 13.3. The van der Waals surface area contributed by atoms with E-state index in [1.54, 1.807) is 0 Å². The normalized spacial score (nSPS) is 11.0. The molecule has 2 heterocycles. The third-order valence-electron chi connectivity index (χ3n) is 2.84. The number of nitrogens with two attached hydrogens (primary N) is 1. The molecule has 2 N–H and O–H groups in total. The van der Waals surface area contributed by atoms with Crippen LogP contribution in [0.2, 0.25) is 10.0 Å². The molecule has 0 aliphatic heterocycles. The third-order valence-corrected chi connectivity index (χ3v) is 3.41. The smallest absolute Gasteiger partial charge is 0.245 e. The van der Waals surface area contributed by atoms with Crippen LogP contribution in [0.25, 0.3) is 16.9 Å². The van der Waals surface area contributed by atoms with Crippen molar-refractivity contribution in [3.8, 4) is 11.6 Å². The average Bonchev–Trinajstić information content (AvgIpc) is 2.74. The highest BCUT2D eigenvalue weighted by atomic mass is 35.5. The van der Waals surface area contributed by atoms with Crippen molar-refractivity contribution in [1.29, 1.82) is 0 Å². The summed E-state index contributed by atoms with van der Waals surface area (Å²) in [7, 11) is 1.45. The lowest BCUT2D eigenvalue weighted by atomic mass is 10.3. The predicted octanol–water partition coefficient (Wildman–Crippen LogP) is 2.85. The second kappa shape index (κ2) is 5.01. The van der Waals surface area contributed by atoms with Crippen LogP contribution in [0.1, 0.15) is 0 Å². The Hall–Kier alpha value is -2.12. The number of aromatic nitrogens is 4. The molecular weight excluding hydrogens is 320 g/mol. The molecule has 21 heavy (non-hydrogen) atoms. The van der Waals surface area contributed by atoms with Gasteiger partial charge in [-0.25, -0.2) is 14.4 Å². The molecule has 108 valence electrons. The Morgan fingerprint density at radius 2 is 1.90 bits per heavy atom. The molecule has 0 saturated heterocycles. The summed E-state index contributed by atoms with van der Waals surface area (Å²) in [6, 6.07) is 2.26. The molecule has 0 radical (unpaired) electrons. The summed E-state index contributed by atoms with van der Waals surface area (Å²) in [5, 5.41) is 0.173. The van der Waals surface area contributed by atoms with E-state index < -0.39 is 5.82 Å². The molecule has 0 bridgehead atoms. The number of nitrogens with zero attached hydrogens (tertiary/aromatic N) is 4. The first kappa shape index (κ1) is 13.8. The van der Waals surface area contributed by atoms with Gasteiger partial charge in [0.2, 0.25) is 11.8 Å². The molecule has 0 fully saturated rings. The largest absolute Gasteiger partial charge is 0.479 e. The molecular formula is C12H8Cl2FN5O. The Balaban J connectivity index is 2.39. The van der Waals surface area contributed by atoms with Crippen LogP contribution in [0.15, 0.2) is 18.5 Å².